The van der Waals surface area contributed by atoms with Crippen molar-refractivity contribution in [2.75, 3.05) is 39.4 Å². The molecule has 1 aromatic rings. The predicted octanol–water partition coefficient (Wildman–Crippen LogP) is 0.188. The van der Waals surface area contributed by atoms with E-state index in [0.717, 1.165) is 13.1 Å². The molecule has 0 N–H and O–H groups in total. The van der Waals surface area contributed by atoms with E-state index < -0.39 is 17.3 Å². The monoisotopic (exact) mass is 363 g/mol. The molecular formula is C17H21N3O6. The Morgan fingerprint density at radius 2 is 1.77 bits per heavy atom. The first-order valence-electron chi connectivity index (χ1n) is 8.76. The molecule has 0 aromatic heterocycles. The highest BCUT2D eigenvalue weighted by molar-refractivity contribution is 5.94. The molecule has 0 bridgehead atoms. The Balaban J connectivity index is 1.33. The summed E-state index contributed by atoms with van der Waals surface area (Å²) >= 11 is 0. The van der Waals surface area contributed by atoms with Gasteiger partial charge in [0, 0.05) is 31.7 Å². The summed E-state index contributed by atoms with van der Waals surface area (Å²) in [6, 6.07) is 9.30. The minimum Gasteiger partial charge on any atom is -0.371 e. The molecule has 0 aliphatic carbocycles. The fraction of sp³-hybridized carbons (Fsp3) is 0.588. The second kappa shape index (κ2) is 7.18. The van der Waals surface area contributed by atoms with E-state index in [4.69, 9.17) is 9.47 Å². The van der Waals surface area contributed by atoms with Gasteiger partial charge in [-0.15, -0.1) is 10.1 Å². The maximum absolute atomic E-state index is 12.5. The molecule has 0 saturated carbocycles. The molecule has 3 aliphatic rings. The van der Waals surface area contributed by atoms with Gasteiger partial charge in [0.25, 0.3) is 11.0 Å². The van der Waals surface area contributed by atoms with Crippen molar-refractivity contribution in [1.82, 2.24) is 9.80 Å². The van der Waals surface area contributed by atoms with Crippen molar-refractivity contribution >= 4 is 5.91 Å². The summed E-state index contributed by atoms with van der Waals surface area (Å²) in [6.45, 7) is 3.34. The smallest absolute Gasteiger partial charge is 0.294 e. The first kappa shape index (κ1) is 17.2. The van der Waals surface area contributed by atoms with Crippen LogP contribution in [0.1, 0.15) is 10.4 Å². The molecule has 0 spiro atoms. The van der Waals surface area contributed by atoms with Crippen molar-refractivity contribution < 1.29 is 24.2 Å². The number of carbonyl (C=O) groups is 1. The summed E-state index contributed by atoms with van der Waals surface area (Å²) in [5.41, 5.74) is 0.698. The lowest BCUT2D eigenvalue weighted by Crippen LogP contribution is -2.55. The summed E-state index contributed by atoms with van der Waals surface area (Å²) < 4.78 is 11.4. The van der Waals surface area contributed by atoms with Gasteiger partial charge in [0.2, 0.25) is 0 Å². The van der Waals surface area contributed by atoms with Gasteiger partial charge in [-0.25, -0.2) is 0 Å². The molecule has 3 heterocycles. The normalized spacial score (nSPS) is 31.6. The van der Waals surface area contributed by atoms with Crippen LogP contribution in [0.25, 0.3) is 0 Å². The van der Waals surface area contributed by atoms with Gasteiger partial charge in [-0.3, -0.25) is 9.69 Å². The number of amides is 1. The minimum atomic E-state index is -0.791. The van der Waals surface area contributed by atoms with Crippen LogP contribution in [0, 0.1) is 10.1 Å². The summed E-state index contributed by atoms with van der Waals surface area (Å²) in [4.78, 5) is 31.9. The van der Waals surface area contributed by atoms with Crippen molar-refractivity contribution in [2.45, 2.75) is 24.4 Å². The molecule has 1 amide bonds. The Labute approximate surface area is 150 Å². The zero-order chi connectivity index (χ0) is 18.1. The number of hydrogen-bond donors (Lipinski definition) is 0. The van der Waals surface area contributed by atoms with Crippen LogP contribution < -0.4 is 0 Å². The Kier molecular flexibility index (Phi) is 4.75. The molecule has 4 atom stereocenters. The number of benzene rings is 1. The molecule has 4 rings (SSSR count). The van der Waals surface area contributed by atoms with E-state index in [-0.39, 0.29) is 24.7 Å². The van der Waals surface area contributed by atoms with Gasteiger partial charge < -0.3 is 19.2 Å². The van der Waals surface area contributed by atoms with E-state index in [1.165, 1.54) is 0 Å². The molecule has 3 fully saturated rings. The van der Waals surface area contributed by atoms with Crippen LogP contribution in [-0.2, 0) is 14.3 Å². The van der Waals surface area contributed by atoms with Gasteiger partial charge in [0.15, 0.2) is 6.10 Å². The fourth-order valence-corrected chi connectivity index (χ4v) is 3.98. The average molecular weight is 363 g/mol. The molecule has 26 heavy (non-hydrogen) atoms. The Morgan fingerprint density at radius 3 is 2.46 bits per heavy atom. The van der Waals surface area contributed by atoms with Crippen molar-refractivity contribution in [1.29, 1.82) is 0 Å². The van der Waals surface area contributed by atoms with Gasteiger partial charge >= 0.3 is 0 Å². The number of fused-ring (bicyclic) bond motifs is 1. The van der Waals surface area contributed by atoms with Crippen molar-refractivity contribution in [3.8, 4) is 0 Å². The first-order chi connectivity index (χ1) is 12.6. The van der Waals surface area contributed by atoms with Gasteiger partial charge in [-0.05, 0) is 12.1 Å². The lowest BCUT2D eigenvalue weighted by molar-refractivity contribution is -0.769. The Bertz CT molecular complexity index is 664. The molecule has 9 heteroatoms. The molecular weight excluding hydrogens is 342 g/mol. The average Bonchev–Trinajstić information content (AvgIpc) is 3.25. The van der Waals surface area contributed by atoms with Gasteiger partial charge in [-0.1, -0.05) is 18.2 Å². The minimum absolute atomic E-state index is 0.0364. The number of piperazine rings is 1. The zero-order valence-electron chi connectivity index (χ0n) is 14.2. The van der Waals surface area contributed by atoms with E-state index in [9.17, 15) is 14.9 Å². The third-order valence-corrected chi connectivity index (χ3v) is 5.29. The van der Waals surface area contributed by atoms with Crippen molar-refractivity contribution in [3.63, 3.8) is 0 Å². The number of carbonyl (C=O) groups excluding carboxylic acids is 1. The van der Waals surface area contributed by atoms with Gasteiger partial charge in [-0.2, -0.15) is 0 Å². The maximum Gasteiger partial charge on any atom is 0.294 e. The standard InChI is InChI=1S/C17H21N3O6/c21-17(12-4-2-1-3-5-12)19-8-6-18(7-9-19)13-10-24-16-14(26-20(22)23)11-25-15(13)16/h1-5,13-16H,6-11H2/t13-,14-,15+,16+/m0/s1. The van der Waals surface area contributed by atoms with Crippen molar-refractivity contribution in [2.24, 2.45) is 0 Å². The summed E-state index contributed by atoms with van der Waals surface area (Å²) in [7, 11) is 0. The fourth-order valence-electron chi connectivity index (χ4n) is 3.98. The number of hydrogen-bond acceptors (Lipinski definition) is 7. The second-order valence-corrected chi connectivity index (χ2v) is 6.72. The zero-order valence-corrected chi connectivity index (χ0v) is 14.2. The lowest BCUT2D eigenvalue weighted by atomic mass is 10.1. The first-order valence-corrected chi connectivity index (χ1v) is 8.76. The Morgan fingerprint density at radius 1 is 1.08 bits per heavy atom. The van der Waals surface area contributed by atoms with Crippen LogP contribution in [0.5, 0.6) is 0 Å². The van der Waals surface area contributed by atoms with E-state index in [2.05, 4.69) is 9.74 Å². The van der Waals surface area contributed by atoms with Crippen LogP contribution in [0.3, 0.4) is 0 Å². The molecule has 0 unspecified atom stereocenters. The van der Waals surface area contributed by atoms with Gasteiger partial charge in [0.1, 0.15) is 12.2 Å². The van der Waals surface area contributed by atoms with Crippen LogP contribution in [0.2, 0.25) is 0 Å². The summed E-state index contributed by atoms with van der Waals surface area (Å²) in [5, 5.41) is 9.78. The SMILES string of the molecule is O=C(c1ccccc1)N1CCN([C@H]2CO[C@H]3[C@@H]2OC[C@@H]3O[N+](=O)[O-])CC1. The molecule has 3 aliphatic heterocycles. The van der Waals surface area contributed by atoms with E-state index >= 15 is 0 Å². The lowest BCUT2D eigenvalue weighted by Gasteiger charge is -2.38. The van der Waals surface area contributed by atoms with Crippen LogP contribution in [0.15, 0.2) is 30.3 Å². The number of nitrogens with zero attached hydrogens (tertiary/aromatic N) is 3. The number of rotatable bonds is 4. The third kappa shape index (κ3) is 3.25. The number of ether oxygens (including phenoxy) is 2. The van der Waals surface area contributed by atoms with E-state index in [1.54, 1.807) is 0 Å². The maximum atomic E-state index is 12.5. The summed E-state index contributed by atoms with van der Waals surface area (Å²) in [6.07, 6.45) is -1.30. The molecule has 3 saturated heterocycles. The highest BCUT2D eigenvalue weighted by Gasteiger charge is 2.51. The van der Waals surface area contributed by atoms with Crippen molar-refractivity contribution in [3.05, 3.63) is 46.0 Å². The topological polar surface area (TPSA) is 94.4 Å². The highest BCUT2D eigenvalue weighted by Crippen LogP contribution is 2.32. The molecule has 0 radical (unpaired) electrons. The second-order valence-electron chi connectivity index (χ2n) is 6.72. The van der Waals surface area contributed by atoms with E-state index in [0.29, 0.717) is 25.3 Å². The Hall–Kier alpha value is -2.23. The van der Waals surface area contributed by atoms with Gasteiger partial charge in [0.05, 0.1) is 19.3 Å². The quantitative estimate of drug-likeness (QED) is 0.557. The molecule has 140 valence electrons. The molecule has 9 nitrogen and oxygen atoms in total. The van der Waals surface area contributed by atoms with Crippen LogP contribution in [0.4, 0.5) is 0 Å². The van der Waals surface area contributed by atoms with E-state index in [1.807, 2.05) is 35.2 Å². The largest absolute Gasteiger partial charge is 0.371 e. The highest BCUT2D eigenvalue weighted by atomic mass is 17.0. The van der Waals surface area contributed by atoms with Crippen LogP contribution in [-0.4, -0.2) is 84.5 Å². The van der Waals surface area contributed by atoms with Crippen LogP contribution >= 0.6 is 0 Å². The summed E-state index contributed by atoms with van der Waals surface area (Å²) in [5.74, 6) is 0.0439. The molecule has 1 aromatic carbocycles. The predicted molar refractivity (Wildman–Crippen MR) is 89.1 cm³/mol. The third-order valence-electron chi connectivity index (χ3n) is 5.29.